The zero-order chi connectivity index (χ0) is 22.5. The third-order valence-corrected chi connectivity index (χ3v) is 5.26. The summed E-state index contributed by atoms with van der Waals surface area (Å²) < 4.78 is 27.8. The number of carbonyl (C=O) groups excluding carboxylic acids is 1. The molecule has 2 atom stereocenters. The molecule has 0 aliphatic carbocycles. The summed E-state index contributed by atoms with van der Waals surface area (Å²) in [7, 11) is 4.75. The lowest BCUT2D eigenvalue weighted by molar-refractivity contribution is -0.162. The Labute approximate surface area is 182 Å². The zero-order valence-electron chi connectivity index (χ0n) is 18.7. The van der Waals surface area contributed by atoms with Crippen LogP contribution in [0.1, 0.15) is 35.1 Å². The van der Waals surface area contributed by atoms with Crippen molar-refractivity contribution in [2.24, 2.45) is 0 Å². The van der Waals surface area contributed by atoms with Crippen LogP contribution in [0, 0.1) is 13.8 Å². The number of ether oxygens (including phenoxy) is 5. The molecule has 0 unspecified atom stereocenters. The second-order valence-electron chi connectivity index (χ2n) is 7.80. The van der Waals surface area contributed by atoms with Crippen molar-refractivity contribution >= 4 is 5.97 Å². The van der Waals surface area contributed by atoms with Crippen LogP contribution in [0.4, 0.5) is 0 Å². The Morgan fingerprint density at radius 3 is 2.26 bits per heavy atom. The maximum Gasteiger partial charge on any atom is 0.308 e. The quantitative estimate of drug-likeness (QED) is 0.643. The Morgan fingerprint density at radius 1 is 1.00 bits per heavy atom. The van der Waals surface area contributed by atoms with Crippen LogP contribution < -0.4 is 18.9 Å². The van der Waals surface area contributed by atoms with Gasteiger partial charge in [-0.25, -0.2) is 0 Å². The topological polar surface area (TPSA) is 83.5 Å². The largest absolute Gasteiger partial charge is 0.493 e. The molecule has 3 rings (SSSR count). The van der Waals surface area contributed by atoms with E-state index in [2.05, 4.69) is 12.1 Å². The van der Waals surface area contributed by atoms with E-state index in [0.29, 0.717) is 30.1 Å². The van der Waals surface area contributed by atoms with E-state index >= 15 is 0 Å². The molecule has 1 aliphatic rings. The molecule has 1 heterocycles. The van der Waals surface area contributed by atoms with Gasteiger partial charge in [-0.2, -0.15) is 0 Å². The summed E-state index contributed by atoms with van der Waals surface area (Å²) in [4.78, 5) is 11.6. The van der Waals surface area contributed by atoms with Gasteiger partial charge >= 0.3 is 5.97 Å². The van der Waals surface area contributed by atoms with Crippen molar-refractivity contribution in [3.63, 3.8) is 0 Å². The first-order valence-electron chi connectivity index (χ1n) is 10.2. The number of esters is 1. The predicted octanol–water partition coefficient (Wildman–Crippen LogP) is 3.37. The van der Waals surface area contributed by atoms with Gasteiger partial charge in [-0.05, 0) is 42.7 Å². The van der Waals surface area contributed by atoms with Gasteiger partial charge in [-0.15, -0.1) is 0 Å². The molecule has 1 aliphatic heterocycles. The van der Waals surface area contributed by atoms with Gasteiger partial charge in [0.05, 0.1) is 33.9 Å². The molecule has 0 bridgehead atoms. The fraction of sp³-hybridized carbons (Fsp3) is 0.458. The Kier molecular flexibility index (Phi) is 7.28. The van der Waals surface area contributed by atoms with Gasteiger partial charge in [-0.3, -0.25) is 4.79 Å². The fourth-order valence-electron chi connectivity index (χ4n) is 3.98. The Morgan fingerprint density at radius 2 is 1.68 bits per heavy atom. The summed E-state index contributed by atoms with van der Waals surface area (Å²) in [5.41, 5.74) is 4.08. The lowest BCUT2D eigenvalue weighted by atomic mass is 9.98. The molecule has 7 nitrogen and oxygen atoms in total. The summed E-state index contributed by atoms with van der Waals surface area (Å²) in [6, 6.07) is 7.97. The Hall–Kier alpha value is -2.93. The standard InChI is InChI=1S/C24H30O7/c1-14-6-15(2)23(30-13-19-11-18(25)12-22(26)31-19)17(7-14)8-16-9-20(27-3)24(29-5)21(10-16)28-4/h6-7,9-10,18-19,25H,8,11-13H2,1-5H3/t18-,19+/m1/s1. The molecular weight excluding hydrogens is 400 g/mol. The van der Waals surface area contributed by atoms with Gasteiger partial charge in [0.25, 0.3) is 0 Å². The van der Waals surface area contributed by atoms with Crippen LogP contribution in [0.2, 0.25) is 0 Å². The number of cyclic esters (lactones) is 1. The molecule has 2 aromatic rings. The van der Waals surface area contributed by atoms with Gasteiger partial charge in [0.2, 0.25) is 5.75 Å². The molecule has 1 fully saturated rings. The minimum absolute atomic E-state index is 0.0342. The number of methoxy groups -OCH3 is 3. The molecule has 2 aromatic carbocycles. The molecule has 7 heteroatoms. The predicted molar refractivity (Wildman–Crippen MR) is 115 cm³/mol. The summed E-state index contributed by atoms with van der Waals surface area (Å²) in [6.07, 6.45) is -0.161. The van der Waals surface area contributed by atoms with Gasteiger partial charge in [0.15, 0.2) is 11.5 Å². The normalized spacial score (nSPS) is 18.3. The van der Waals surface area contributed by atoms with E-state index < -0.39 is 18.2 Å². The van der Waals surface area contributed by atoms with Gasteiger partial charge in [0, 0.05) is 12.8 Å². The van der Waals surface area contributed by atoms with Crippen LogP contribution in [0.5, 0.6) is 23.0 Å². The van der Waals surface area contributed by atoms with Crippen molar-refractivity contribution in [3.8, 4) is 23.0 Å². The maximum atomic E-state index is 11.6. The Bertz CT molecular complexity index is 913. The number of carbonyl (C=O) groups is 1. The highest BCUT2D eigenvalue weighted by Gasteiger charge is 2.28. The van der Waals surface area contributed by atoms with Gasteiger partial charge < -0.3 is 28.8 Å². The third-order valence-electron chi connectivity index (χ3n) is 5.26. The molecule has 31 heavy (non-hydrogen) atoms. The van der Waals surface area contributed by atoms with Crippen molar-refractivity contribution in [1.82, 2.24) is 0 Å². The van der Waals surface area contributed by atoms with E-state index in [1.54, 1.807) is 21.3 Å². The molecule has 0 spiro atoms. The third kappa shape index (κ3) is 5.41. The van der Waals surface area contributed by atoms with Crippen molar-refractivity contribution in [2.45, 2.75) is 45.3 Å². The molecule has 0 saturated carbocycles. The van der Waals surface area contributed by atoms with E-state index in [9.17, 15) is 9.90 Å². The molecule has 0 amide bonds. The van der Waals surface area contributed by atoms with E-state index in [1.165, 1.54) is 0 Å². The molecule has 0 radical (unpaired) electrons. The summed E-state index contributed by atoms with van der Waals surface area (Å²) in [6.45, 7) is 4.21. The number of aliphatic hydroxyl groups excluding tert-OH is 1. The van der Waals surface area contributed by atoms with E-state index in [4.69, 9.17) is 23.7 Å². The van der Waals surface area contributed by atoms with Crippen molar-refractivity contribution in [3.05, 3.63) is 46.5 Å². The number of rotatable bonds is 8. The number of aliphatic hydroxyl groups is 1. The van der Waals surface area contributed by atoms with Gasteiger partial charge in [-0.1, -0.05) is 17.7 Å². The monoisotopic (exact) mass is 430 g/mol. The fourth-order valence-corrected chi connectivity index (χ4v) is 3.98. The number of aryl methyl sites for hydroxylation is 2. The van der Waals surface area contributed by atoms with Crippen LogP contribution in [-0.2, 0) is 16.0 Å². The smallest absolute Gasteiger partial charge is 0.308 e. The highest BCUT2D eigenvalue weighted by molar-refractivity contribution is 5.71. The van der Waals surface area contributed by atoms with Gasteiger partial charge in [0.1, 0.15) is 18.5 Å². The lowest BCUT2D eigenvalue weighted by Crippen LogP contribution is -2.36. The lowest BCUT2D eigenvalue weighted by Gasteiger charge is -2.26. The first-order chi connectivity index (χ1) is 14.8. The average molecular weight is 430 g/mol. The van der Waals surface area contributed by atoms with Crippen LogP contribution in [0.15, 0.2) is 24.3 Å². The highest BCUT2D eigenvalue weighted by atomic mass is 16.6. The minimum atomic E-state index is -0.687. The van der Waals surface area contributed by atoms with Crippen LogP contribution in [0.3, 0.4) is 0 Å². The average Bonchev–Trinajstić information content (AvgIpc) is 2.71. The second kappa shape index (κ2) is 9.92. The van der Waals surface area contributed by atoms with Crippen molar-refractivity contribution in [1.29, 1.82) is 0 Å². The zero-order valence-corrected chi connectivity index (χ0v) is 18.7. The first-order valence-corrected chi connectivity index (χ1v) is 10.2. The molecule has 168 valence electrons. The summed E-state index contributed by atoms with van der Waals surface area (Å²) in [5.74, 6) is 2.07. The molecule has 1 saturated heterocycles. The van der Waals surface area contributed by atoms with Crippen LogP contribution in [-0.4, -0.2) is 51.2 Å². The number of hydrogen-bond donors (Lipinski definition) is 1. The van der Waals surface area contributed by atoms with Crippen molar-refractivity contribution < 1.29 is 33.6 Å². The molecular formula is C24H30O7. The number of benzene rings is 2. The maximum absolute atomic E-state index is 11.6. The van der Waals surface area contributed by atoms with Crippen LogP contribution >= 0.6 is 0 Å². The van der Waals surface area contributed by atoms with E-state index in [1.807, 2.05) is 26.0 Å². The minimum Gasteiger partial charge on any atom is -0.493 e. The SMILES string of the molecule is COc1cc(Cc2cc(C)cc(C)c2OC[C@@H]2C[C@@H](O)CC(=O)O2)cc(OC)c1OC. The van der Waals surface area contributed by atoms with Crippen LogP contribution in [0.25, 0.3) is 0 Å². The number of hydrogen-bond acceptors (Lipinski definition) is 7. The molecule has 1 N–H and O–H groups in total. The molecule has 0 aromatic heterocycles. The van der Waals surface area contributed by atoms with Crippen molar-refractivity contribution in [2.75, 3.05) is 27.9 Å². The van der Waals surface area contributed by atoms with E-state index in [0.717, 1.165) is 28.0 Å². The highest BCUT2D eigenvalue weighted by Crippen LogP contribution is 2.39. The summed E-state index contributed by atoms with van der Waals surface area (Å²) >= 11 is 0. The second-order valence-corrected chi connectivity index (χ2v) is 7.80. The first kappa shape index (κ1) is 22.7. The van der Waals surface area contributed by atoms with E-state index in [-0.39, 0.29) is 13.0 Å². The Balaban J connectivity index is 1.87. The summed E-state index contributed by atoms with van der Waals surface area (Å²) in [5, 5.41) is 9.84.